The molecule has 0 bridgehead atoms. The van der Waals surface area contributed by atoms with Crippen molar-refractivity contribution in [3.63, 3.8) is 0 Å². The topological polar surface area (TPSA) is 64.2 Å². The van der Waals surface area contributed by atoms with E-state index in [4.69, 9.17) is 24.4 Å². The van der Waals surface area contributed by atoms with E-state index in [1.165, 1.54) is 16.7 Å². The van der Waals surface area contributed by atoms with Crippen LogP contribution in [0.5, 0.6) is 0 Å². The van der Waals surface area contributed by atoms with Crippen LogP contribution in [-0.4, -0.2) is 20.7 Å². The van der Waals surface area contributed by atoms with Crippen LogP contribution in [0.1, 0.15) is 71.8 Å². The van der Waals surface area contributed by atoms with Gasteiger partial charge in [-0.1, -0.05) is 122 Å². The number of aryl methyl sites for hydroxylation is 1. The summed E-state index contributed by atoms with van der Waals surface area (Å²) in [7, 11) is 0. The summed E-state index contributed by atoms with van der Waals surface area (Å²) in [6.45, 7) is 7.96. The monoisotopic (exact) mass is 662 g/mol. The Morgan fingerprint density at radius 3 is 2.25 bits per heavy atom. The van der Waals surface area contributed by atoms with Gasteiger partial charge >= 0.3 is 0 Å². The SMILES string of the molecule is C=C/C=C(\C=C)c1nc(C2=CCCC=C2)nc(-c2cc(C(=NC3=CCCC=C3)c3ccccc3)c3oc4c(c3c2)CCC(c2ccccc2)=C4)n1. The largest absolute Gasteiger partial charge is 0.456 e. The number of furan rings is 1. The number of benzene rings is 3. The standard InChI is InChI=1S/C46H38N4O/c1-3-17-31(4-2)44-48-45(34-22-13-7-14-23-34)50-46(49-44)36-28-39-38-27-26-35(32-18-9-5-10-19-32)30-41(38)51-43(39)40(29-36)42(33-20-11-6-12-21-33)47-37-24-15-8-16-25-37/h3-6,9-13,15,17-25,28-30H,1-2,7-8,14,16,26-27H2/b31-17+,47-42?. The zero-order chi connectivity index (χ0) is 34.6. The minimum atomic E-state index is 0.547. The van der Waals surface area contributed by atoms with Gasteiger partial charge in [0.1, 0.15) is 11.3 Å². The maximum Gasteiger partial charge on any atom is 0.164 e. The molecule has 0 aliphatic heterocycles. The summed E-state index contributed by atoms with van der Waals surface area (Å²) in [4.78, 5) is 20.4. The fraction of sp³-hybridized carbons (Fsp3) is 0.130. The molecular formula is C46H38N4O. The molecule has 8 rings (SSSR count). The fourth-order valence-electron chi connectivity index (χ4n) is 6.91. The second-order valence-electron chi connectivity index (χ2n) is 12.8. The molecule has 248 valence electrons. The van der Waals surface area contributed by atoms with Gasteiger partial charge in [-0.2, -0.15) is 0 Å². The highest BCUT2D eigenvalue weighted by Crippen LogP contribution is 2.40. The zero-order valence-electron chi connectivity index (χ0n) is 28.6. The van der Waals surface area contributed by atoms with Crippen LogP contribution in [0, 0.1) is 0 Å². The Morgan fingerprint density at radius 1 is 0.765 bits per heavy atom. The summed E-state index contributed by atoms with van der Waals surface area (Å²) < 4.78 is 6.89. The predicted octanol–water partition coefficient (Wildman–Crippen LogP) is 11.3. The summed E-state index contributed by atoms with van der Waals surface area (Å²) >= 11 is 0. The number of nitrogens with zero attached hydrogens (tertiary/aromatic N) is 4. The molecule has 3 aliphatic rings. The smallest absolute Gasteiger partial charge is 0.164 e. The third-order valence-corrected chi connectivity index (χ3v) is 9.46. The van der Waals surface area contributed by atoms with Crippen LogP contribution in [0.25, 0.3) is 45.2 Å². The van der Waals surface area contributed by atoms with Crippen molar-refractivity contribution < 1.29 is 4.42 Å². The van der Waals surface area contributed by atoms with Crippen LogP contribution in [0.15, 0.2) is 156 Å². The molecule has 0 spiro atoms. The van der Waals surface area contributed by atoms with E-state index in [1.54, 1.807) is 12.2 Å². The van der Waals surface area contributed by atoms with Crippen molar-refractivity contribution in [3.05, 3.63) is 186 Å². The zero-order valence-corrected chi connectivity index (χ0v) is 28.6. The molecule has 0 amide bonds. The van der Waals surface area contributed by atoms with Crippen molar-refractivity contribution in [1.82, 2.24) is 15.0 Å². The molecule has 5 nitrogen and oxygen atoms in total. The Balaban J connectivity index is 1.40. The fourth-order valence-corrected chi connectivity index (χ4v) is 6.91. The number of aromatic nitrogens is 3. The van der Waals surface area contributed by atoms with Gasteiger partial charge in [0.05, 0.1) is 11.4 Å². The van der Waals surface area contributed by atoms with Crippen molar-refractivity contribution in [2.24, 2.45) is 4.99 Å². The molecule has 0 radical (unpaired) electrons. The van der Waals surface area contributed by atoms with E-state index < -0.39 is 0 Å². The minimum absolute atomic E-state index is 0.547. The first-order valence-electron chi connectivity index (χ1n) is 17.6. The van der Waals surface area contributed by atoms with Crippen LogP contribution >= 0.6 is 0 Å². The number of hydrogen-bond donors (Lipinski definition) is 0. The molecule has 0 fully saturated rings. The number of aliphatic imine (C=N–C) groups is 1. The van der Waals surface area contributed by atoms with Crippen LogP contribution < -0.4 is 0 Å². The predicted molar refractivity (Wildman–Crippen MR) is 211 cm³/mol. The summed E-state index contributed by atoms with van der Waals surface area (Å²) in [5.41, 5.74) is 10.8. The van der Waals surface area contributed by atoms with Gasteiger partial charge in [0.15, 0.2) is 17.5 Å². The Hall–Kier alpha value is -6.20. The molecule has 51 heavy (non-hydrogen) atoms. The first kappa shape index (κ1) is 32.0. The highest BCUT2D eigenvalue weighted by molar-refractivity contribution is 6.20. The molecule has 5 aromatic rings. The van der Waals surface area contributed by atoms with E-state index in [9.17, 15) is 0 Å². The van der Waals surface area contributed by atoms with Crippen LogP contribution in [0.2, 0.25) is 0 Å². The summed E-state index contributed by atoms with van der Waals surface area (Å²) in [5.74, 6) is 2.63. The Bertz CT molecular complexity index is 2380. The Morgan fingerprint density at radius 2 is 1.53 bits per heavy atom. The second-order valence-corrected chi connectivity index (χ2v) is 12.8. The van der Waals surface area contributed by atoms with Gasteiger partial charge in [0.25, 0.3) is 0 Å². The van der Waals surface area contributed by atoms with E-state index >= 15 is 0 Å². The lowest BCUT2D eigenvalue weighted by Gasteiger charge is -2.14. The number of rotatable bonds is 9. The normalized spacial score (nSPS) is 16.0. The van der Waals surface area contributed by atoms with Crippen LogP contribution in [0.3, 0.4) is 0 Å². The average Bonchev–Trinajstić information content (AvgIpc) is 3.58. The first-order valence-corrected chi connectivity index (χ1v) is 17.6. The van der Waals surface area contributed by atoms with Crippen molar-refractivity contribution in [2.45, 2.75) is 38.5 Å². The summed E-state index contributed by atoms with van der Waals surface area (Å²) in [5, 5.41) is 1.04. The molecule has 3 aliphatic carbocycles. The molecule has 0 unspecified atom stereocenters. The van der Waals surface area contributed by atoms with E-state index in [1.807, 2.05) is 12.1 Å². The third kappa shape index (κ3) is 6.59. The van der Waals surface area contributed by atoms with Gasteiger partial charge in [0.2, 0.25) is 0 Å². The Kier molecular flexibility index (Phi) is 9.01. The molecule has 0 saturated carbocycles. The van der Waals surface area contributed by atoms with Gasteiger partial charge in [-0.05, 0) is 73.9 Å². The number of hydrogen-bond acceptors (Lipinski definition) is 5. The van der Waals surface area contributed by atoms with E-state index in [0.29, 0.717) is 17.5 Å². The summed E-state index contributed by atoms with van der Waals surface area (Å²) in [6, 6.07) is 25.2. The molecule has 0 atom stereocenters. The highest BCUT2D eigenvalue weighted by Gasteiger charge is 2.25. The minimum Gasteiger partial charge on any atom is -0.456 e. The lowest BCUT2D eigenvalue weighted by atomic mass is 9.90. The molecule has 2 heterocycles. The van der Waals surface area contributed by atoms with Gasteiger partial charge in [-0.15, -0.1) is 0 Å². The molecule has 3 aromatic carbocycles. The molecule has 5 heteroatoms. The highest BCUT2D eigenvalue weighted by atomic mass is 16.3. The van der Waals surface area contributed by atoms with Gasteiger partial charge in [0, 0.05) is 38.8 Å². The lowest BCUT2D eigenvalue weighted by Crippen LogP contribution is -2.08. The maximum atomic E-state index is 6.89. The average molecular weight is 663 g/mol. The quantitative estimate of drug-likeness (QED) is 0.116. The van der Waals surface area contributed by atoms with Gasteiger partial charge in [-0.3, -0.25) is 0 Å². The van der Waals surface area contributed by atoms with E-state index in [2.05, 4.69) is 122 Å². The van der Waals surface area contributed by atoms with Crippen molar-refractivity contribution >= 4 is 39.5 Å². The van der Waals surface area contributed by atoms with Crippen LogP contribution in [0.4, 0.5) is 0 Å². The van der Waals surface area contributed by atoms with Crippen LogP contribution in [-0.2, 0) is 6.42 Å². The third-order valence-electron chi connectivity index (χ3n) is 9.46. The first-order chi connectivity index (χ1) is 25.2. The second kappa shape index (κ2) is 14.3. The maximum absolute atomic E-state index is 6.89. The van der Waals surface area contributed by atoms with Crippen molar-refractivity contribution in [3.8, 4) is 11.4 Å². The van der Waals surface area contributed by atoms with Crippen molar-refractivity contribution in [1.29, 1.82) is 0 Å². The molecule has 0 N–H and O–H groups in total. The van der Waals surface area contributed by atoms with E-state index in [0.717, 1.165) is 94.5 Å². The number of fused-ring (bicyclic) bond motifs is 3. The lowest BCUT2D eigenvalue weighted by molar-refractivity contribution is 0.595. The van der Waals surface area contributed by atoms with Gasteiger partial charge < -0.3 is 4.42 Å². The number of allylic oxidation sites excluding steroid dienone is 12. The molecular weight excluding hydrogens is 625 g/mol. The molecule has 0 saturated heterocycles. The summed E-state index contributed by atoms with van der Waals surface area (Å²) in [6.07, 6.45) is 26.2. The van der Waals surface area contributed by atoms with Gasteiger partial charge in [-0.25, -0.2) is 19.9 Å². The molecule has 2 aromatic heterocycles. The Labute approximate surface area is 298 Å². The van der Waals surface area contributed by atoms with E-state index in [-0.39, 0.29) is 0 Å². The van der Waals surface area contributed by atoms with Crippen molar-refractivity contribution in [2.75, 3.05) is 0 Å².